The molecule has 1 saturated heterocycles. The number of hydrogen-bond donors (Lipinski definition) is 2. The van der Waals surface area contributed by atoms with Gasteiger partial charge in [-0.3, -0.25) is 9.88 Å². The molecule has 10 heteroatoms. The smallest absolute Gasteiger partial charge is 0.433 e. The van der Waals surface area contributed by atoms with Gasteiger partial charge in [-0.15, -0.1) is 0 Å². The summed E-state index contributed by atoms with van der Waals surface area (Å²) in [5.74, 6) is 0.816. The standard InChI is InChI=1S/C27H28ClF3N4O2/c1-37-23-10-4-18(5-11-23)24-17-35(16-20-3-2-13-32-25(20)27(29,30)31)14-12-19(24)15-33-26(36)34-22-8-6-21(28)7-9-22/h2-11,13,19,24H,12,14-17H2,1H3,(H2,33,34,36). The van der Waals surface area contributed by atoms with Crippen molar-refractivity contribution in [1.82, 2.24) is 15.2 Å². The van der Waals surface area contributed by atoms with Gasteiger partial charge in [0.25, 0.3) is 0 Å². The summed E-state index contributed by atoms with van der Waals surface area (Å²) < 4.78 is 45.7. The molecule has 0 aliphatic carbocycles. The first-order chi connectivity index (χ1) is 17.7. The van der Waals surface area contributed by atoms with E-state index in [0.717, 1.165) is 11.3 Å². The number of nitrogens with zero attached hydrogens (tertiary/aromatic N) is 2. The highest BCUT2D eigenvalue weighted by Crippen LogP contribution is 2.35. The van der Waals surface area contributed by atoms with E-state index in [9.17, 15) is 18.0 Å². The minimum atomic E-state index is -4.51. The number of nitrogens with one attached hydrogen (secondary N) is 2. The van der Waals surface area contributed by atoms with Crippen molar-refractivity contribution in [3.8, 4) is 5.75 Å². The number of benzene rings is 2. The quantitative estimate of drug-likeness (QED) is 0.381. The van der Waals surface area contributed by atoms with Gasteiger partial charge in [-0.1, -0.05) is 29.8 Å². The Morgan fingerprint density at radius 2 is 1.86 bits per heavy atom. The van der Waals surface area contributed by atoms with Crippen LogP contribution in [0.1, 0.15) is 29.2 Å². The molecule has 0 spiro atoms. The highest BCUT2D eigenvalue weighted by molar-refractivity contribution is 6.30. The van der Waals surface area contributed by atoms with Crippen LogP contribution in [-0.2, 0) is 12.7 Å². The van der Waals surface area contributed by atoms with Gasteiger partial charge in [0.2, 0.25) is 0 Å². The maximum Gasteiger partial charge on any atom is 0.433 e. The third-order valence-corrected chi connectivity index (χ3v) is 6.82. The molecular weight excluding hydrogens is 505 g/mol. The lowest BCUT2D eigenvalue weighted by Gasteiger charge is -2.39. The van der Waals surface area contributed by atoms with Gasteiger partial charge in [0.1, 0.15) is 11.4 Å². The Bertz CT molecular complexity index is 1190. The number of anilines is 1. The van der Waals surface area contributed by atoms with Crippen LogP contribution in [0.4, 0.5) is 23.7 Å². The highest BCUT2D eigenvalue weighted by atomic mass is 35.5. The number of methoxy groups -OCH3 is 1. The molecule has 0 radical (unpaired) electrons. The maximum absolute atomic E-state index is 13.5. The Morgan fingerprint density at radius 3 is 2.54 bits per heavy atom. The van der Waals surface area contributed by atoms with E-state index in [-0.39, 0.29) is 30.0 Å². The summed E-state index contributed by atoms with van der Waals surface area (Å²) in [6, 6.07) is 17.2. The summed E-state index contributed by atoms with van der Waals surface area (Å²) in [7, 11) is 1.59. The second-order valence-corrected chi connectivity index (χ2v) is 9.45. The predicted molar refractivity (Wildman–Crippen MR) is 137 cm³/mol. The number of alkyl halides is 3. The molecule has 0 bridgehead atoms. The van der Waals surface area contributed by atoms with Crippen molar-refractivity contribution in [3.63, 3.8) is 0 Å². The van der Waals surface area contributed by atoms with E-state index in [4.69, 9.17) is 16.3 Å². The van der Waals surface area contributed by atoms with Crippen molar-refractivity contribution in [2.75, 3.05) is 32.1 Å². The average Bonchev–Trinajstić information content (AvgIpc) is 2.89. The average molecular weight is 533 g/mol. The van der Waals surface area contributed by atoms with E-state index >= 15 is 0 Å². The lowest BCUT2D eigenvalue weighted by Crippen LogP contribution is -2.44. The van der Waals surface area contributed by atoms with Gasteiger partial charge in [-0.25, -0.2) is 4.79 Å². The first-order valence-corrected chi connectivity index (χ1v) is 12.3. The van der Waals surface area contributed by atoms with Crippen LogP contribution in [0.5, 0.6) is 5.75 Å². The van der Waals surface area contributed by atoms with Gasteiger partial charge in [0, 0.05) is 42.5 Å². The Balaban J connectivity index is 1.46. The molecule has 3 aromatic rings. The predicted octanol–water partition coefficient (Wildman–Crippen LogP) is 6.19. The second-order valence-electron chi connectivity index (χ2n) is 9.01. The zero-order valence-electron chi connectivity index (χ0n) is 20.3. The van der Waals surface area contributed by atoms with E-state index in [1.165, 1.54) is 18.3 Å². The Morgan fingerprint density at radius 1 is 1.14 bits per heavy atom. The molecule has 2 N–H and O–H groups in total. The number of halogens is 4. The zero-order chi connectivity index (χ0) is 26.4. The normalized spacial score (nSPS) is 18.3. The molecule has 1 aliphatic heterocycles. The first-order valence-electron chi connectivity index (χ1n) is 11.9. The van der Waals surface area contributed by atoms with Crippen LogP contribution in [0.15, 0.2) is 66.9 Å². The van der Waals surface area contributed by atoms with Crippen LogP contribution in [0.3, 0.4) is 0 Å². The summed E-state index contributed by atoms with van der Waals surface area (Å²) in [4.78, 5) is 18.1. The number of urea groups is 1. The van der Waals surface area contributed by atoms with E-state index < -0.39 is 11.9 Å². The molecule has 6 nitrogen and oxygen atoms in total. The Hall–Kier alpha value is -3.30. The Kier molecular flexibility index (Phi) is 8.56. The van der Waals surface area contributed by atoms with Gasteiger partial charge in [-0.05, 0) is 72.5 Å². The van der Waals surface area contributed by atoms with Crippen molar-refractivity contribution in [3.05, 3.63) is 88.7 Å². The van der Waals surface area contributed by atoms with E-state index in [1.807, 2.05) is 29.2 Å². The molecule has 2 heterocycles. The van der Waals surface area contributed by atoms with Crippen molar-refractivity contribution in [2.45, 2.75) is 25.1 Å². The third kappa shape index (κ3) is 7.14. The van der Waals surface area contributed by atoms with Crippen molar-refractivity contribution in [1.29, 1.82) is 0 Å². The van der Waals surface area contributed by atoms with Crippen LogP contribution >= 0.6 is 11.6 Å². The molecule has 37 heavy (non-hydrogen) atoms. The molecule has 2 atom stereocenters. The maximum atomic E-state index is 13.5. The largest absolute Gasteiger partial charge is 0.497 e. The SMILES string of the molecule is COc1ccc(C2CN(Cc3cccnc3C(F)(F)F)CCC2CNC(=O)Nc2ccc(Cl)cc2)cc1. The first kappa shape index (κ1) is 26.8. The molecule has 0 saturated carbocycles. The monoisotopic (exact) mass is 532 g/mol. The molecule has 1 aromatic heterocycles. The minimum Gasteiger partial charge on any atom is -0.497 e. The number of rotatable bonds is 7. The fourth-order valence-electron chi connectivity index (χ4n) is 4.68. The van der Waals surface area contributed by atoms with Gasteiger partial charge < -0.3 is 15.4 Å². The fraction of sp³-hybridized carbons (Fsp3) is 0.333. The highest BCUT2D eigenvalue weighted by Gasteiger charge is 2.36. The lowest BCUT2D eigenvalue weighted by molar-refractivity contribution is -0.142. The summed E-state index contributed by atoms with van der Waals surface area (Å²) >= 11 is 5.90. The number of aromatic nitrogens is 1. The summed E-state index contributed by atoms with van der Waals surface area (Å²) in [6.07, 6.45) is -2.63. The number of ether oxygens (including phenoxy) is 1. The zero-order valence-corrected chi connectivity index (χ0v) is 21.0. The van der Waals surface area contributed by atoms with Crippen LogP contribution in [0.2, 0.25) is 5.02 Å². The van der Waals surface area contributed by atoms with E-state index in [2.05, 4.69) is 15.6 Å². The molecule has 2 unspecified atom stereocenters. The number of amides is 2. The number of piperidine rings is 1. The topological polar surface area (TPSA) is 66.5 Å². The second kappa shape index (κ2) is 11.8. The molecule has 1 aliphatic rings. The molecule has 1 fully saturated rings. The molecule has 2 aromatic carbocycles. The van der Waals surface area contributed by atoms with Crippen molar-refractivity contribution >= 4 is 23.3 Å². The Labute approximate surface area is 218 Å². The number of likely N-dealkylation sites (tertiary alicyclic amines) is 1. The third-order valence-electron chi connectivity index (χ3n) is 6.56. The summed E-state index contributed by atoms with van der Waals surface area (Å²) in [6.45, 7) is 1.71. The van der Waals surface area contributed by atoms with Crippen molar-refractivity contribution < 1.29 is 22.7 Å². The number of carbonyl (C=O) groups is 1. The number of pyridine rings is 1. The molecule has 2 amide bonds. The van der Waals surface area contributed by atoms with Gasteiger partial charge in [0.05, 0.1) is 7.11 Å². The van der Waals surface area contributed by atoms with Gasteiger partial charge in [0.15, 0.2) is 0 Å². The number of carbonyl (C=O) groups excluding carboxylic acids is 1. The molecule has 196 valence electrons. The summed E-state index contributed by atoms with van der Waals surface area (Å²) in [5, 5.41) is 6.31. The molecular formula is C27H28ClF3N4O2. The van der Waals surface area contributed by atoms with Crippen LogP contribution < -0.4 is 15.4 Å². The van der Waals surface area contributed by atoms with Gasteiger partial charge in [-0.2, -0.15) is 13.2 Å². The van der Waals surface area contributed by atoms with E-state index in [1.54, 1.807) is 31.4 Å². The van der Waals surface area contributed by atoms with Crippen LogP contribution in [0, 0.1) is 5.92 Å². The lowest BCUT2D eigenvalue weighted by atomic mass is 9.80. The van der Waals surface area contributed by atoms with Crippen LogP contribution in [0.25, 0.3) is 0 Å². The molecule has 4 rings (SSSR count). The summed E-state index contributed by atoms with van der Waals surface area (Å²) in [5.41, 5.74) is 0.971. The van der Waals surface area contributed by atoms with Gasteiger partial charge >= 0.3 is 12.2 Å². The van der Waals surface area contributed by atoms with Crippen molar-refractivity contribution in [2.24, 2.45) is 5.92 Å². The number of hydrogen-bond acceptors (Lipinski definition) is 4. The van der Waals surface area contributed by atoms with E-state index in [0.29, 0.717) is 36.8 Å². The minimum absolute atomic E-state index is 0.00139. The fourth-order valence-corrected chi connectivity index (χ4v) is 4.81. The van der Waals surface area contributed by atoms with Crippen LogP contribution in [-0.4, -0.2) is 42.7 Å².